The molecule has 0 saturated carbocycles. The van der Waals surface area contributed by atoms with Crippen LogP contribution in [0.15, 0.2) is 60.8 Å². The lowest BCUT2D eigenvalue weighted by Gasteiger charge is -2.11. The van der Waals surface area contributed by atoms with Crippen LogP contribution in [0, 0.1) is 0 Å². The molecule has 0 unspecified atom stereocenters. The predicted octanol–water partition coefficient (Wildman–Crippen LogP) is 3.63. The van der Waals surface area contributed by atoms with Gasteiger partial charge in [0.05, 0.1) is 25.5 Å². The molecule has 3 rings (SSSR count). The van der Waals surface area contributed by atoms with Crippen LogP contribution < -0.4 is 15.4 Å². The average molecular weight is 364 g/mol. The number of methoxy groups -OCH3 is 2. The van der Waals surface area contributed by atoms with Gasteiger partial charge in [-0.05, 0) is 35.9 Å². The van der Waals surface area contributed by atoms with Crippen molar-refractivity contribution in [3.63, 3.8) is 0 Å². The largest absolute Gasteiger partial charge is 0.497 e. The van der Waals surface area contributed by atoms with Gasteiger partial charge in [0.25, 0.3) is 0 Å². The van der Waals surface area contributed by atoms with E-state index < -0.39 is 5.97 Å². The van der Waals surface area contributed by atoms with Gasteiger partial charge in [0, 0.05) is 12.7 Å². The third-order valence-corrected chi connectivity index (χ3v) is 3.87. The van der Waals surface area contributed by atoms with Gasteiger partial charge in [-0.25, -0.2) is 9.78 Å². The summed E-state index contributed by atoms with van der Waals surface area (Å²) in [5, 5.41) is 6.31. The summed E-state index contributed by atoms with van der Waals surface area (Å²) < 4.78 is 9.96. The smallest absolute Gasteiger partial charge is 0.339 e. The number of esters is 1. The minimum Gasteiger partial charge on any atom is -0.497 e. The van der Waals surface area contributed by atoms with E-state index in [1.165, 1.54) is 7.11 Å². The number of carbonyl (C=O) groups is 1. The van der Waals surface area contributed by atoms with Gasteiger partial charge in [-0.3, -0.25) is 0 Å². The zero-order chi connectivity index (χ0) is 19.1. The molecule has 7 heteroatoms. The molecule has 0 aliphatic heterocycles. The lowest BCUT2D eigenvalue weighted by Crippen LogP contribution is -2.08. The summed E-state index contributed by atoms with van der Waals surface area (Å²) in [6.07, 6.45) is 1.65. The molecule has 0 spiro atoms. The van der Waals surface area contributed by atoms with E-state index in [1.807, 2.05) is 30.3 Å². The number of para-hydroxylation sites is 1. The van der Waals surface area contributed by atoms with Gasteiger partial charge in [-0.2, -0.15) is 4.98 Å². The second-order valence-corrected chi connectivity index (χ2v) is 5.63. The molecule has 0 aliphatic carbocycles. The van der Waals surface area contributed by atoms with Gasteiger partial charge in [0.15, 0.2) is 0 Å². The molecule has 0 fully saturated rings. The molecule has 27 heavy (non-hydrogen) atoms. The number of nitrogens with one attached hydrogen (secondary N) is 2. The topological polar surface area (TPSA) is 85.4 Å². The van der Waals surface area contributed by atoms with Crippen molar-refractivity contribution in [2.45, 2.75) is 6.54 Å². The third kappa shape index (κ3) is 4.72. The Morgan fingerprint density at radius 1 is 1.04 bits per heavy atom. The number of ether oxygens (including phenoxy) is 2. The highest BCUT2D eigenvalue weighted by atomic mass is 16.5. The maximum absolute atomic E-state index is 11.9. The van der Waals surface area contributed by atoms with Crippen molar-refractivity contribution in [3.05, 3.63) is 71.9 Å². The molecule has 0 radical (unpaired) electrons. The number of nitrogens with zero attached hydrogens (tertiary/aromatic N) is 2. The SMILES string of the molecule is COC(=O)c1ccccc1Nc1nccc(NCc2ccc(OC)cc2)n1. The van der Waals surface area contributed by atoms with Crippen molar-refractivity contribution in [1.82, 2.24) is 9.97 Å². The van der Waals surface area contributed by atoms with Gasteiger partial charge in [-0.1, -0.05) is 24.3 Å². The van der Waals surface area contributed by atoms with E-state index in [4.69, 9.17) is 9.47 Å². The van der Waals surface area contributed by atoms with Gasteiger partial charge in [-0.15, -0.1) is 0 Å². The van der Waals surface area contributed by atoms with Crippen molar-refractivity contribution in [2.24, 2.45) is 0 Å². The molecule has 0 amide bonds. The van der Waals surface area contributed by atoms with Crippen LogP contribution in [-0.4, -0.2) is 30.2 Å². The van der Waals surface area contributed by atoms with Crippen molar-refractivity contribution in [2.75, 3.05) is 24.9 Å². The van der Waals surface area contributed by atoms with E-state index in [-0.39, 0.29) is 0 Å². The standard InChI is InChI=1S/C20H20N4O3/c1-26-15-9-7-14(8-10-15)13-22-18-11-12-21-20(24-18)23-17-6-4-3-5-16(17)19(25)27-2/h3-12H,13H2,1-2H3,(H2,21,22,23,24). The zero-order valence-corrected chi connectivity index (χ0v) is 15.1. The molecule has 2 N–H and O–H groups in total. The molecular weight excluding hydrogens is 344 g/mol. The number of rotatable bonds is 7. The predicted molar refractivity (Wildman–Crippen MR) is 103 cm³/mol. The van der Waals surface area contributed by atoms with Crippen molar-refractivity contribution < 1.29 is 14.3 Å². The fourth-order valence-corrected chi connectivity index (χ4v) is 2.45. The Morgan fingerprint density at radius 3 is 2.56 bits per heavy atom. The number of benzene rings is 2. The summed E-state index contributed by atoms with van der Waals surface area (Å²) in [6.45, 7) is 0.610. The van der Waals surface area contributed by atoms with Crippen LogP contribution in [0.1, 0.15) is 15.9 Å². The first-order valence-electron chi connectivity index (χ1n) is 8.34. The average Bonchev–Trinajstić information content (AvgIpc) is 2.73. The highest BCUT2D eigenvalue weighted by Crippen LogP contribution is 2.20. The van der Waals surface area contributed by atoms with Crippen LogP contribution in [0.3, 0.4) is 0 Å². The van der Waals surface area contributed by atoms with E-state index in [9.17, 15) is 4.79 Å². The molecule has 0 saturated heterocycles. The number of anilines is 3. The van der Waals surface area contributed by atoms with E-state index in [0.717, 1.165) is 11.3 Å². The molecule has 3 aromatic rings. The van der Waals surface area contributed by atoms with Crippen LogP contribution in [-0.2, 0) is 11.3 Å². The van der Waals surface area contributed by atoms with Gasteiger partial charge < -0.3 is 20.1 Å². The van der Waals surface area contributed by atoms with Gasteiger partial charge in [0.1, 0.15) is 11.6 Å². The summed E-state index contributed by atoms with van der Waals surface area (Å²) in [5.74, 6) is 1.44. The fraction of sp³-hybridized carbons (Fsp3) is 0.150. The van der Waals surface area contributed by atoms with Crippen LogP contribution in [0.5, 0.6) is 5.75 Å². The minimum atomic E-state index is -0.424. The maximum atomic E-state index is 11.9. The van der Waals surface area contributed by atoms with E-state index >= 15 is 0 Å². The molecule has 1 aromatic heterocycles. The molecular formula is C20H20N4O3. The Labute approximate surface area is 157 Å². The van der Waals surface area contributed by atoms with E-state index in [2.05, 4.69) is 20.6 Å². The summed E-state index contributed by atoms with van der Waals surface area (Å²) in [5.41, 5.74) is 2.09. The second kappa shape index (κ2) is 8.66. The zero-order valence-electron chi connectivity index (χ0n) is 15.1. The third-order valence-electron chi connectivity index (χ3n) is 3.87. The van der Waals surface area contributed by atoms with Crippen molar-refractivity contribution in [3.8, 4) is 5.75 Å². The summed E-state index contributed by atoms with van der Waals surface area (Å²) in [4.78, 5) is 20.5. The Hall–Kier alpha value is -3.61. The lowest BCUT2D eigenvalue weighted by atomic mass is 10.2. The van der Waals surface area contributed by atoms with Crippen LogP contribution in [0.4, 0.5) is 17.5 Å². The maximum Gasteiger partial charge on any atom is 0.339 e. The summed E-state index contributed by atoms with van der Waals surface area (Å²) in [6, 6.07) is 16.6. The van der Waals surface area contributed by atoms with E-state index in [1.54, 1.807) is 37.6 Å². The molecule has 0 aliphatic rings. The quantitative estimate of drug-likeness (QED) is 0.619. The van der Waals surface area contributed by atoms with Crippen LogP contribution in [0.25, 0.3) is 0 Å². The molecule has 0 atom stereocenters. The number of hydrogen-bond donors (Lipinski definition) is 2. The molecule has 138 valence electrons. The Kier molecular flexibility index (Phi) is 5.84. The Bertz CT molecular complexity index is 913. The normalized spacial score (nSPS) is 10.1. The first kappa shape index (κ1) is 18.2. The summed E-state index contributed by atoms with van der Waals surface area (Å²) >= 11 is 0. The molecule has 2 aromatic carbocycles. The number of hydrogen-bond acceptors (Lipinski definition) is 7. The van der Waals surface area contributed by atoms with Gasteiger partial charge >= 0.3 is 5.97 Å². The number of aromatic nitrogens is 2. The molecule has 1 heterocycles. The molecule has 0 bridgehead atoms. The van der Waals surface area contributed by atoms with Gasteiger partial charge in [0.2, 0.25) is 5.95 Å². The first-order chi connectivity index (χ1) is 13.2. The monoisotopic (exact) mass is 364 g/mol. The van der Waals surface area contributed by atoms with Crippen LogP contribution in [0.2, 0.25) is 0 Å². The van der Waals surface area contributed by atoms with E-state index in [0.29, 0.717) is 29.6 Å². The Balaban J connectivity index is 1.69. The highest BCUT2D eigenvalue weighted by Gasteiger charge is 2.12. The number of carbonyl (C=O) groups excluding carboxylic acids is 1. The fourth-order valence-electron chi connectivity index (χ4n) is 2.45. The summed E-state index contributed by atoms with van der Waals surface area (Å²) in [7, 11) is 2.99. The molecule has 7 nitrogen and oxygen atoms in total. The lowest BCUT2D eigenvalue weighted by molar-refractivity contribution is 0.0602. The highest BCUT2D eigenvalue weighted by molar-refractivity contribution is 5.96. The second-order valence-electron chi connectivity index (χ2n) is 5.63. The van der Waals surface area contributed by atoms with Crippen LogP contribution >= 0.6 is 0 Å². The minimum absolute atomic E-state index is 0.381. The first-order valence-corrected chi connectivity index (χ1v) is 8.34. The Morgan fingerprint density at radius 2 is 1.81 bits per heavy atom. The van der Waals surface area contributed by atoms with Crippen molar-refractivity contribution in [1.29, 1.82) is 0 Å². The van der Waals surface area contributed by atoms with Crippen molar-refractivity contribution >= 4 is 23.4 Å².